The standard InChI is InChI=1S/C22H32N4O8S/c1-32-11-12-33-22(28)26-15-7-9-18(26)20(21(27)24-29)25(14-15)35(30,31)17-8-10-19(23-13-17)34-16-5-3-2-4-6-16/h8,10,13,15-16,18,20,29H,2-7,9,11-12,14H2,1H3,(H,24,27)/t15-,18+,20-/m1/s1. The van der Waals surface area contributed by atoms with Crippen LogP contribution in [0.25, 0.3) is 0 Å². The van der Waals surface area contributed by atoms with Crippen LogP contribution < -0.4 is 10.2 Å². The van der Waals surface area contributed by atoms with E-state index >= 15 is 0 Å². The van der Waals surface area contributed by atoms with Gasteiger partial charge in [0, 0.05) is 25.8 Å². The number of carbonyl (C=O) groups excluding carboxylic acids is 2. The van der Waals surface area contributed by atoms with Crippen molar-refractivity contribution in [2.24, 2.45) is 0 Å². The summed E-state index contributed by atoms with van der Waals surface area (Å²) in [6.07, 6.45) is 6.80. The number of nitrogens with one attached hydrogen (secondary N) is 1. The minimum Gasteiger partial charge on any atom is -0.474 e. The van der Waals surface area contributed by atoms with E-state index in [2.05, 4.69) is 4.98 Å². The number of carbonyl (C=O) groups is 2. The number of hydroxylamine groups is 1. The summed E-state index contributed by atoms with van der Waals surface area (Å²) < 4.78 is 44.2. The van der Waals surface area contributed by atoms with Gasteiger partial charge in [0.2, 0.25) is 15.9 Å². The van der Waals surface area contributed by atoms with E-state index in [-0.39, 0.29) is 30.8 Å². The van der Waals surface area contributed by atoms with E-state index in [1.807, 2.05) is 0 Å². The fraction of sp³-hybridized carbons (Fsp3) is 0.682. The molecule has 3 heterocycles. The molecule has 2 aliphatic heterocycles. The van der Waals surface area contributed by atoms with E-state index in [1.165, 1.54) is 36.8 Å². The van der Waals surface area contributed by atoms with E-state index in [1.54, 1.807) is 5.48 Å². The van der Waals surface area contributed by atoms with Gasteiger partial charge < -0.3 is 14.2 Å². The lowest BCUT2D eigenvalue weighted by molar-refractivity contribution is -0.136. The number of hydrogen-bond acceptors (Lipinski definition) is 9. The van der Waals surface area contributed by atoms with Crippen molar-refractivity contribution in [3.8, 4) is 5.88 Å². The second-order valence-electron chi connectivity index (χ2n) is 9.02. The molecule has 1 aromatic rings. The Morgan fingerprint density at radius 2 is 1.91 bits per heavy atom. The van der Waals surface area contributed by atoms with Crippen LogP contribution in [0.4, 0.5) is 4.79 Å². The summed E-state index contributed by atoms with van der Waals surface area (Å²) in [4.78, 5) is 30.8. The fourth-order valence-electron chi connectivity index (χ4n) is 5.18. The maximum Gasteiger partial charge on any atom is 0.410 e. The second kappa shape index (κ2) is 11.1. The van der Waals surface area contributed by atoms with Crippen LogP contribution in [-0.2, 0) is 24.3 Å². The molecular weight excluding hydrogens is 480 g/mol. The number of methoxy groups -OCH3 is 1. The normalized spacial score (nSPS) is 25.3. The van der Waals surface area contributed by atoms with Gasteiger partial charge in [0.25, 0.3) is 5.91 Å². The average molecular weight is 513 g/mol. The number of piperazine rings is 1. The molecular formula is C22H32N4O8S. The number of sulfonamides is 1. The van der Waals surface area contributed by atoms with E-state index in [0.29, 0.717) is 18.7 Å². The van der Waals surface area contributed by atoms with Crippen molar-refractivity contribution in [1.29, 1.82) is 0 Å². The summed E-state index contributed by atoms with van der Waals surface area (Å²) in [6, 6.07) is 0.349. The van der Waals surface area contributed by atoms with Crippen LogP contribution in [0.3, 0.4) is 0 Å². The fourth-order valence-corrected chi connectivity index (χ4v) is 6.78. The Morgan fingerprint density at radius 3 is 2.57 bits per heavy atom. The van der Waals surface area contributed by atoms with Crippen LogP contribution in [0.5, 0.6) is 5.88 Å². The summed E-state index contributed by atoms with van der Waals surface area (Å²) in [5.41, 5.74) is 1.56. The van der Waals surface area contributed by atoms with Crippen molar-refractivity contribution >= 4 is 22.0 Å². The average Bonchev–Trinajstić information content (AvgIpc) is 3.17. The predicted molar refractivity (Wildman–Crippen MR) is 121 cm³/mol. The van der Waals surface area contributed by atoms with Crippen LogP contribution in [0.2, 0.25) is 0 Å². The zero-order valence-electron chi connectivity index (χ0n) is 19.7. The lowest BCUT2D eigenvalue weighted by Crippen LogP contribution is -2.66. The molecule has 2 N–H and O–H groups in total. The minimum absolute atomic E-state index is 0.0328. The molecule has 3 aliphatic rings. The van der Waals surface area contributed by atoms with Gasteiger partial charge in [-0.1, -0.05) is 6.42 Å². The van der Waals surface area contributed by atoms with Gasteiger partial charge in [0.15, 0.2) is 0 Å². The Balaban J connectivity index is 1.53. The summed E-state index contributed by atoms with van der Waals surface area (Å²) in [6.45, 7) is 0.130. The Hall–Kier alpha value is -2.48. The molecule has 13 heteroatoms. The molecule has 3 atom stereocenters. The van der Waals surface area contributed by atoms with Gasteiger partial charge in [-0.15, -0.1) is 0 Å². The van der Waals surface area contributed by atoms with Crippen molar-refractivity contribution in [3.05, 3.63) is 18.3 Å². The van der Waals surface area contributed by atoms with E-state index in [9.17, 15) is 23.2 Å². The van der Waals surface area contributed by atoms with Crippen molar-refractivity contribution < 1.29 is 37.4 Å². The van der Waals surface area contributed by atoms with Crippen molar-refractivity contribution in [2.75, 3.05) is 26.9 Å². The SMILES string of the molecule is COCCOC(=O)N1[C@@H]2CC[C@H]1[C@H](C(=O)NO)N(S(=O)(=O)c1ccc(OC3CCCCC3)nc1)C2. The Bertz CT molecular complexity index is 999. The highest BCUT2D eigenvalue weighted by molar-refractivity contribution is 7.89. The smallest absolute Gasteiger partial charge is 0.410 e. The molecule has 3 fully saturated rings. The largest absolute Gasteiger partial charge is 0.474 e. The molecule has 0 aromatic carbocycles. The minimum atomic E-state index is -4.17. The second-order valence-corrected chi connectivity index (χ2v) is 10.9. The zero-order valence-corrected chi connectivity index (χ0v) is 20.5. The molecule has 0 radical (unpaired) electrons. The van der Waals surface area contributed by atoms with Crippen LogP contribution in [0, 0.1) is 0 Å². The van der Waals surface area contributed by atoms with Gasteiger partial charge in [-0.3, -0.25) is 14.9 Å². The van der Waals surface area contributed by atoms with Gasteiger partial charge in [0.05, 0.1) is 18.8 Å². The molecule has 0 spiro atoms. The van der Waals surface area contributed by atoms with Crippen LogP contribution in [0.15, 0.2) is 23.2 Å². The number of hydrogen-bond donors (Lipinski definition) is 2. The Labute approximate surface area is 204 Å². The van der Waals surface area contributed by atoms with Crippen LogP contribution in [0.1, 0.15) is 44.9 Å². The topological polar surface area (TPSA) is 148 Å². The summed E-state index contributed by atoms with van der Waals surface area (Å²) in [7, 11) is -2.69. The first kappa shape index (κ1) is 25.6. The molecule has 12 nitrogen and oxygen atoms in total. The van der Waals surface area contributed by atoms with Crippen LogP contribution in [-0.4, -0.2) is 90.9 Å². The molecule has 1 saturated carbocycles. The number of ether oxygens (including phenoxy) is 3. The van der Waals surface area contributed by atoms with E-state index in [4.69, 9.17) is 14.2 Å². The van der Waals surface area contributed by atoms with Gasteiger partial charge in [0.1, 0.15) is 23.6 Å². The van der Waals surface area contributed by atoms with Gasteiger partial charge in [-0.05, 0) is 44.6 Å². The van der Waals surface area contributed by atoms with Gasteiger partial charge in [-0.2, -0.15) is 4.31 Å². The number of aromatic nitrogens is 1. The third-order valence-electron chi connectivity index (χ3n) is 6.87. The monoisotopic (exact) mass is 512 g/mol. The Kier molecular flexibility index (Phi) is 8.09. The maximum absolute atomic E-state index is 13.6. The lowest BCUT2D eigenvalue weighted by atomic mass is 9.98. The highest BCUT2D eigenvalue weighted by Crippen LogP contribution is 2.38. The Morgan fingerprint density at radius 1 is 1.14 bits per heavy atom. The van der Waals surface area contributed by atoms with Gasteiger partial charge in [-0.25, -0.2) is 23.7 Å². The number of rotatable bonds is 8. The van der Waals surface area contributed by atoms with E-state index in [0.717, 1.165) is 30.0 Å². The van der Waals surface area contributed by atoms with Crippen molar-refractivity contribution in [2.45, 2.75) is 74.1 Å². The number of fused-ring (bicyclic) bond motifs is 2. The molecule has 4 rings (SSSR count). The van der Waals surface area contributed by atoms with Crippen molar-refractivity contribution in [1.82, 2.24) is 19.7 Å². The number of nitrogens with zero attached hydrogens (tertiary/aromatic N) is 3. The molecule has 1 aliphatic carbocycles. The third kappa shape index (κ3) is 5.37. The highest BCUT2D eigenvalue weighted by atomic mass is 32.2. The molecule has 1 aromatic heterocycles. The molecule has 35 heavy (non-hydrogen) atoms. The lowest BCUT2D eigenvalue weighted by Gasteiger charge is -2.44. The molecule has 2 bridgehead atoms. The number of pyridine rings is 1. The summed E-state index contributed by atoms with van der Waals surface area (Å²) >= 11 is 0. The van der Waals surface area contributed by atoms with Crippen LogP contribution >= 0.6 is 0 Å². The maximum atomic E-state index is 13.6. The summed E-state index contributed by atoms with van der Waals surface area (Å²) in [5.74, 6) is -0.567. The van der Waals surface area contributed by atoms with Gasteiger partial charge >= 0.3 is 6.09 Å². The molecule has 2 saturated heterocycles. The highest BCUT2D eigenvalue weighted by Gasteiger charge is 2.55. The molecule has 0 unspecified atom stereocenters. The van der Waals surface area contributed by atoms with Crippen molar-refractivity contribution in [3.63, 3.8) is 0 Å². The molecule has 194 valence electrons. The quantitative estimate of drug-likeness (QED) is 0.299. The first-order valence-electron chi connectivity index (χ1n) is 11.9. The first-order valence-corrected chi connectivity index (χ1v) is 13.3. The third-order valence-corrected chi connectivity index (χ3v) is 8.70. The molecule has 2 amide bonds. The first-order chi connectivity index (χ1) is 16.9. The number of amides is 2. The zero-order chi connectivity index (χ0) is 25.0. The predicted octanol–water partition coefficient (Wildman–Crippen LogP) is 1.29. The summed E-state index contributed by atoms with van der Waals surface area (Å²) in [5, 5.41) is 9.36. The van der Waals surface area contributed by atoms with E-state index < -0.39 is 40.1 Å².